The first-order valence-electron chi connectivity index (χ1n) is 8.65. The highest BCUT2D eigenvalue weighted by Gasteiger charge is 2.32. The zero-order valence-electron chi connectivity index (χ0n) is 14.4. The van der Waals surface area contributed by atoms with Crippen LogP contribution in [0.1, 0.15) is 18.4 Å². The number of aromatic hydroxyl groups is 1. The summed E-state index contributed by atoms with van der Waals surface area (Å²) in [6.07, 6.45) is 2.38. The fraction of sp³-hybridized carbons (Fsp3) is 0.400. The molecule has 1 heterocycles. The summed E-state index contributed by atoms with van der Waals surface area (Å²) >= 11 is 0. The van der Waals surface area contributed by atoms with Crippen LogP contribution in [0.5, 0.6) is 5.75 Å². The maximum absolute atomic E-state index is 10.8. The summed E-state index contributed by atoms with van der Waals surface area (Å²) in [5.74, 6) is 0.286. The van der Waals surface area contributed by atoms with Gasteiger partial charge in [0.25, 0.3) is 0 Å². The topological polar surface area (TPSA) is 55.7 Å². The summed E-state index contributed by atoms with van der Waals surface area (Å²) in [5.41, 5.74) is 1.66. The Hall–Kier alpha value is -1.75. The SMILES string of the molecule is Cl.Oc1ccc(NCCN2CCC(O)(Cc3ccccc3)CC2)cc1. The molecule has 1 aliphatic heterocycles. The molecule has 1 aliphatic rings. The van der Waals surface area contributed by atoms with Gasteiger partial charge in [-0.1, -0.05) is 30.3 Å². The molecule has 0 atom stereocenters. The summed E-state index contributed by atoms with van der Waals surface area (Å²) in [5, 5.41) is 23.5. The van der Waals surface area contributed by atoms with Gasteiger partial charge in [-0.25, -0.2) is 0 Å². The van der Waals surface area contributed by atoms with Crippen LogP contribution in [0.25, 0.3) is 0 Å². The Morgan fingerprint density at radius 3 is 2.24 bits per heavy atom. The van der Waals surface area contributed by atoms with Crippen LogP contribution >= 0.6 is 12.4 Å². The molecular weight excluding hydrogens is 336 g/mol. The number of hydrogen-bond acceptors (Lipinski definition) is 4. The van der Waals surface area contributed by atoms with Gasteiger partial charge in [-0.2, -0.15) is 0 Å². The molecule has 0 bridgehead atoms. The summed E-state index contributed by atoms with van der Waals surface area (Å²) in [6.45, 7) is 3.69. The molecule has 5 heteroatoms. The van der Waals surface area contributed by atoms with E-state index in [0.29, 0.717) is 0 Å². The van der Waals surface area contributed by atoms with Crippen LogP contribution in [-0.4, -0.2) is 46.9 Å². The number of nitrogens with one attached hydrogen (secondary N) is 1. The molecule has 0 saturated carbocycles. The first-order chi connectivity index (χ1) is 11.6. The van der Waals surface area contributed by atoms with Gasteiger partial charge in [0.2, 0.25) is 0 Å². The van der Waals surface area contributed by atoms with Crippen molar-refractivity contribution in [3.8, 4) is 5.75 Å². The highest BCUT2D eigenvalue weighted by atomic mass is 35.5. The van der Waals surface area contributed by atoms with Crippen molar-refractivity contribution in [1.82, 2.24) is 4.90 Å². The molecule has 3 N–H and O–H groups in total. The molecule has 1 saturated heterocycles. The molecule has 0 aliphatic carbocycles. The van der Waals surface area contributed by atoms with E-state index in [2.05, 4.69) is 22.3 Å². The second-order valence-electron chi connectivity index (χ2n) is 6.70. The minimum absolute atomic E-state index is 0. The molecule has 2 aromatic carbocycles. The highest BCUT2D eigenvalue weighted by Crippen LogP contribution is 2.26. The predicted molar refractivity (Wildman–Crippen MR) is 105 cm³/mol. The van der Waals surface area contributed by atoms with Crippen molar-refractivity contribution < 1.29 is 10.2 Å². The van der Waals surface area contributed by atoms with E-state index in [0.717, 1.165) is 51.1 Å². The predicted octanol–water partition coefficient (Wildman–Crippen LogP) is 3.30. The second-order valence-corrected chi connectivity index (χ2v) is 6.70. The molecule has 0 radical (unpaired) electrons. The molecule has 136 valence electrons. The van der Waals surface area contributed by atoms with Crippen LogP contribution in [-0.2, 0) is 6.42 Å². The highest BCUT2D eigenvalue weighted by molar-refractivity contribution is 5.85. The van der Waals surface area contributed by atoms with E-state index in [1.54, 1.807) is 12.1 Å². The molecule has 0 unspecified atom stereocenters. The zero-order valence-corrected chi connectivity index (χ0v) is 15.2. The molecule has 3 rings (SSSR count). The number of nitrogens with zero attached hydrogens (tertiary/aromatic N) is 1. The second kappa shape index (κ2) is 9.09. The third-order valence-corrected chi connectivity index (χ3v) is 4.79. The summed E-state index contributed by atoms with van der Waals surface area (Å²) in [4.78, 5) is 2.40. The molecule has 0 spiro atoms. The van der Waals surface area contributed by atoms with Crippen molar-refractivity contribution >= 4 is 18.1 Å². The van der Waals surface area contributed by atoms with E-state index in [9.17, 15) is 10.2 Å². The quantitative estimate of drug-likeness (QED) is 0.690. The first-order valence-corrected chi connectivity index (χ1v) is 8.65. The lowest BCUT2D eigenvalue weighted by Crippen LogP contribution is -2.46. The van der Waals surface area contributed by atoms with E-state index >= 15 is 0 Å². The van der Waals surface area contributed by atoms with Gasteiger partial charge in [-0.15, -0.1) is 12.4 Å². The van der Waals surface area contributed by atoms with Gasteiger partial charge in [0.05, 0.1) is 5.60 Å². The molecule has 4 nitrogen and oxygen atoms in total. The number of rotatable bonds is 6. The normalized spacial score (nSPS) is 16.8. The van der Waals surface area contributed by atoms with Gasteiger partial charge >= 0.3 is 0 Å². The average Bonchev–Trinajstić information content (AvgIpc) is 2.59. The summed E-state index contributed by atoms with van der Waals surface area (Å²) < 4.78 is 0. The lowest BCUT2D eigenvalue weighted by Gasteiger charge is -2.38. The van der Waals surface area contributed by atoms with E-state index in [-0.39, 0.29) is 18.2 Å². The number of hydrogen-bond donors (Lipinski definition) is 3. The Kier molecular flexibility index (Phi) is 7.12. The lowest BCUT2D eigenvalue weighted by atomic mass is 9.85. The number of phenols is 1. The monoisotopic (exact) mass is 362 g/mol. The van der Waals surface area contributed by atoms with Crippen LogP contribution in [0.3, 0.4) is 0 Å². The Morgan fingerprint density at radius 1 is 0.960 bits per heavy atom. The van der Waals surface area contributed by atoms with Gasteiger partial charge in [0.1, 0.15) is 5.75 Å². The number of phenolic OH excluding ortho intramolecular Hbond substituents is 1. The third-order valence-electron chi connectivity index (χ3n) is 4.79. The van der Waals surface area contributed by atoms with Crippen LogP contribution in [0, 0.1) is 0 Å². The molecule has 1 fully saturated rings. The Labute approximate surface area is 155 Å². The first kappa shape index (κ1) is 19.6. The van der Waals surface area contributed by atoms with Gasteiger partial charge in [-0.05, 0) is 42.7 Å². The number of piperidine rings is 1. The standard InChI is InChI=1S/C20H26N2O2.ClH/c23-19-8-6-18(7-9-19)21-12-15-22-13-10-20(24,11-14-22)16-17-4-2-1-3-5-17;/h1-9,21,23-24H,10-16H2;1H. The van der Waals surface area contributed by atoms with Crippen molar-refractivity contribution in [3.05, 3.63) is 60.2 Å². The van der Waals surface area contributed by atoms with Crippen LogP contribution in [0.2, 0.25) is 0 Å². The van der Waals surface area contributed by atoms with Gasteiger partial charge in [0, 0.05) is 38.3 Å². The van der Waals surface area contributed by atoms with E-state index in [1.165, 1.54) is 5.56 Å². The average molecular weight is 363 g/mol. The molecular formula is C20H27ClN2O2. The molecule has 0 amide bonds. The number of anilines is 1. The summed E-state index contributed by atoms with van der Waals surface area (Å²) in [6, 6.07) is 17.4. The van der Waals surface area contributed by atoms with Crippen molar-refractivity contribution in [2.24, 2.45) is 0 Å². The van der Waals surface area contributed by atoms with Crippen molar-refractivity contribution in [2.75, 3.05) is 31.5 Å². The molecule has 2 aromatic rings. The number of aliphatic hydroxyl groups is 1. The zero-order chi connectivity index (χ0) is 16.8. The maximum Gasteiger partial charge on any atom is 0.115 e. The number of likely N-dealkylation sites (tertiary alicyclic amines) is 1. The van der Waals surface area contributed by atoms with Gasteiger partial charge < -0.3 is 20.4 Å². The molecule has 25 heavy (non-hydrogen) atoms. The van der Waals surface area contributed by atoms with Crippen LogP contribution < -0.4 is 5.32 Å². The minimum Gasteiger partial charge on any atom is -0.508 e. The van der Waals surface area contributed by atoms with Crippen LogP contribution in [0.15, 0.2) is 54.6 Å². The number of halogens is 1. The Bertz CT molecular complexity index is 626. The fourth-order valence-electron chi connectivity index (χ4n) is 3.28. The fourth-order valence-corrected chi connectivity index (χ4v) is 3.28. The Morgan fingerprint density at radius 2 is 1.60 bits per heavy atom. The van der Waals surface area contributed by atoms with E-state index < -0.39 is 5.60 Å². The van der Waals surface area contributed by atoms with Crippen molar-refractivity contribution in [3.63, 3.8) is 0 Å². The minimum atomic E-state index is -0.567. The van der Waals surface area contributed by atoms with Crippen molar-refractivity contribution in [2.45, 2.75) is 24.9 Å². The lowest BCUT2D eigenvalue weighted by molar-refractivity contribution is -0.0196. The van der Waals surface area contributed by atoms with Crippen LogP contribution in [0.4, 0.5) is 5.69 Å². The maximum atomic E-state index is 10.8. The number of benzene rings is 2. The summed E-state index contributed by atoms with van der Waals surface area (Å²) in [7, 11) is 0. The van der Waals surface area contributed by atoms with E-state index in [1.807, 2.05) is 30.3 Å². The molecule has 0 aromatic heterocycles. The third kappa shape index (κ3) is 5.92. The van der Waals surface area contributed by atoms with Gasteiger partial charge in [-0.3, -0.25) is 0 Å². The van der Waals surface area contributed by atoms with Gasteiger partial charge in [0.15, 0.2) is 0 Å². The largest absolute Gasteiger partial charge is 0.508 e. The Balaban J connectivity index is 0.00000225. The van der Waals surface area contributed by atoms with E-state index in [4.69, 9.17) is 0 Å². The smallest absolute Gasteiger partial charge is 0.115 e. The van der Waals surface area contributed by atoms with Crippen molar-refractivity contribution in [1.29, 1.82) is 0 Å².